The van der Waals surface area contributed by atoms with Gasteiger partial charge in [-0.3, -0.25) is 4.99 Å². The van der Waals surface area contributed by atoms with Gasteiger partial charge >= 0.3 is 0 Å². The zero-order valence-corrected chi connectivity index (χ0v) is 11.4. The number of nitrogens with two attached hydrogens (primary N) is 1. The predicted molar refractivity (Wildman–Crippen MR) is 76.6 cm³/mol. The van der Waals surface area contributed by atoms with Crippen LogP contribution in [0, 0.1) is 13.8 Å². The Hall–Kier alpha value is -1.35. The van der Waals surface area contributed by atoms with Crippen molar-refractivity contribution in [2.75, 3.05) is 0 Å². The first-order valence-corrected chi connectivity index (χ1v) is 6.83. The second-order valence-corrected chi connectivity index (χ2v) is 5.18. The molecule has 3 heteroatoms. The molecule has 0 atom stereocenters. The normalized spacial score (nSPS) is 17.8. The second-order valence-electron chi connectivity index (χ2n) is 5.18. The average Bonchev–Trinajstić information content (AvgIpc) is 2.38. The summed E-state index contributed by atoms with van der Waals surface area (Å²) in [6.45, 7) is 4.21. The SMILES string of the molecule is Cc1cccc(C)c1C(=NC1CCCCC1)NN. The maximum atomic E-state index is 5.68. The van der Waals surface area contributed by atoms with Crippen LogP contribution in [0.4, 0.5) is 0 Å². The highest BCUT2D eigenvalue weighted by Crippen LogP contribution is 2.22. The smallest absolute Gasteiger partial charge is 0.143 e. The van der Waals surface area contributed by atoms with Crippen molar-refractivity contribution in [3.8, 4) is 0 Å². The molecule has 0 heterocycles. The van der Waals surface area contributed by atoms with Crippen LogP contribution in [0.25, 0.3) is 0 Å². The van der Waals surface area contributed by atoms with Gasteiger partial charge in [0.25, 0.3) is 0 Å². The van der Waals surface area contributed by atoms with Crippen LogP contribution in [-0.2, 0) is 0 Å². The Labute approximate surface area is 109 Å². The largest absolute Gasteiger partial charge is 0.308 e. The highest BCUT2D eigenvalue weighted by Gasteiger charge is 2.15. The molecule has 3 N–H and O–H groups in total. The van der Waals surface area contributed by atoms with Crippen LogP contribution >= 0.6 is 0 Å². The van der Waals surface area contributed by atoms with E-state index in [2.05, 4.69) is 37.5 Å². The third-order valence-corrected chi connectivity index (χ3v) is 3.74. The molecule has 0 aliphatic heterocycles. The Kier molecular flexibility index (Phi) is 4.37. The standard InChI is InChI=1S/C15H23N3/c1-11-7-6-8-12(2)14(11)15(18-16)17-13-9-4-3-5-10-13/h6-8,13H,3-5,9-10,16H2,1-2H3,(H,17,18). The summed E-state index contributed by atoms with van der Waals surface area (Å²) in [6, 6.07) is 6.72. The topological polar surface area (TPSA) is 50.4 Å². The molecule has 18 heavy (non-hydrogen) atoms. The van der Waals surface area contributed by atoms with Crippen molar-refractivity contribution in [3.05, 3.63) is 34.9 Å². The molecule has 1 aromatic rings. The molecule has 1 aliphatic rings. The van der Waals surface area contributed by atoms with Crippen LogP contribution in [0.15, 0.2) is 23.2 Å². The first kappa shape index (κ1) is 13.1. The number of hydrogen-bond donors (Lipinski definition) is 2. The predicted octanol–water partition coefficient (Wildman–Crippen LogP) is 2.85. The van der Waals surface area contributed by atoms with Gasteiger partial charge in [-0.25, -0.2) is 5.84 Å². The maximum Gasteiger partial charge on any atom is 0.143 e. The van der Waals surface area contributed by atoms with Crippen LogP contribution in [0.1, 0.15) is 48.8 Å². The van der Waals surface area contributed by atoms with Gasteiger partial charge in [-0.15, -0.1) is 0 Å². The third-order valence-electron chi connectivity index (χ3n) is 3.74. The lowest BCUT2D eigenvalue weighted by molar-refractivity contribution is 0.442. The Balaban J connectivity index is 2.29. The van der Waals surface area contributed by atoms with Crippen molar-refractivity contribution in [2.45, 2.75) is 52.0 Å². The van der Waals surface area contributed by atoms with E-state index in [1.54, 1.807) is 0 Å². The number of amidine groups is 1. The quantitative estimate of drug-likeness (QED) is 0.364. The lowest BCUT2D eigenvalue weighted by atomic mass is 9.95. The molecule has 0 amide bonds. The van der Waals surface area contributed by atoms with E-state index in [1.165, 1.54) is 43.2 Å². The summed E-state index contributed by atoms with van der Waals surface area (Å²) in [5.41, 5.74) is 6.40. The molecule has 98 valence electrons. The summed E-state index contributed by atoms with van der Waals surface area (Å²) < 4.78 is 0. The summed E-state index contributed by atoms with van der Waals surface area (Å²) in [7, 11) is 0. The van der Waals surface area contributed by atoms with Crippen LogP contribution in [-0.4, -0.2) is 11.9 Å². The van der Waals surface area contributed by atoms with Crippen LogP contribution in [0.2, 0.25) is 0 Å². The van der Waals surface area contributed by atoms with E-state index in [-0.39, 0.29) is 0 Å². The molecule has 0 radical (unpaired) electrons. The second kappa shape index (κ2) is 6.01. The summed E-state index contributed by atoms with van der Waals surface area (Å²) in [5.74, 6) is 6.52. The number of nitrogens with zero attached hydrogens (tertiary/aromatic N) is 1. The van der Waals surface area contributed by atoms with Crippen LogP contribution in [0.3, 0.4) is 0 Å². The number of hydrazine groups is 1. The minimum Gasteiger partial charge on any atom is -0.308 e. The van der Waals surface area contributed by atoms with Crippen LogP contribution in [0.5, 0.6) is 0 Å². The van der Waals surface area contributed by atoms with E-state index in [1.807, 2.05) is 0 Å². The first-order valence-electron chi connectivity index (χ1n) is 6.83. The fourth-order valence-electron chi connectivity index (χ4n) is 2.75. The van der Waals surface area contributed by atoms with Gasteiger partial charge in [0.15, 0.2) is 0 Å². The Morgan fingerprint density at radius 2 is 1.78 bits per heavy atom. The van der Waals surface area contributed by atoms with E-state index in [4.69, 9.17) is 10.8 Å². The van der Waals surface area contributed by atoms with Crippen molar-refractivity contribution in [2.24, 2.45) is 10.8 Å². The molecular weight excluding hydrogens is 222 g/mol. The first-order chi connectivity index (χ1) is 8.72. The molecule has 1 aromatic carbocycles. The highest BCUT2D eigenvalue weighted by atomic mass is 15.3. The highest BCUT2D eigenvalue weighted by molar-refractivity contribution is 6.01. The minimum atomic E-state index is 0.434. The van der Waals surface area contributed by atoms with Gasteiger partial charge in [-0.1, -0.05) is 37.5 Å². The summed E-state index contributed by atoms with van der Waals surface area (Å²) in [6.07, 6.45) is 6.31. The zero-order chi connectivity index (χ0) is 13.0. The Bertz CT molecular complexity index is 411. The molecule has 0 spiro atoms. The van der Waals surface area contributed by atoms with Gasteiger partial charge in [0, 0.05) is 5.56 Å². The monoisotopic (exact) mass is 245 g/mol. The molecule has 1 aliphatic carbocycles. The van der Waals surface area contributed by atoms with E-state index in [0.717, 1.165) is 11.4 Å². The van der Waals surface area contributed by atoms with E-state index in [9.17, 15) is 0 Å². The number of aliphatic imine (C=N–C) groups is 1. The summed E-state index contributed by atoms with van der Waals surface area (Å²) >= 11 is 0. The molecule has 3 nitrogen and oxygen atoms in total. The van der Waals surface area contributed by atoms with E-state index < -0.39 is 0 Å². The van der Waals surface area contributed by atoms with Gasteiger partial charge < -0.3 is 5.43 Å². The molecule has 0 saturated heterocycles. The number of hydrogen-bond acceptors (Lipinski definition) is 2. The molecule has 0 unspecified atom stereocenters. The lowest BCUT2D eigenvalue weighted by Gasteiger charge is -2.20. The maximum absolute atomic E-state index is 5.68. The van der Waals surface area contributed by atoms with E-state index >= 15 is 0 Å². The van der Waals surface area contributed by atoms with Gasteiger partial charge in [0.05, 0.1) is 6.04 Å². The van der Waals surface area contributed by atoms with Crippen molar-refractivity contribution in [1.82, 2.24) is 5.43 Å². The summed E-state index contributed by atoms with van der Waals surface area (Å²) in [5, 5.41) is 0. The number of rotatable bonds is 2. The number of benzene rings is 1. The van der Waals surface area contributed by atoms with Crippen molar-refractivity contribution < 1.29 is 0 Å². The number of nitrogens with one attached hydrogen (secondary N) is 1. The molecule has 0 bridgehead atoms. The van der Waals surface area contributed by atoms with E-state index in [0.29, 0.717) is 6.04 Å². The van der Waals surface area contributed by atoms with Gasteiger partial charge in [-0.2, -0.15) is 0 Å². The van der Waals surface area contributed by atoms with Crippen LogP contribution < -0.4 is 11.3 Å². The molecule has 2 rings (SSSR count). The Morgan fingerprint density at radius 1 is 1.17 bits per heavy atom. The molecular formula is C15H23N3. The molecule has 1 saturated carbocycles. The Morgan fingerprint density at radius 3 is 2.33 bits per heavy atom. The van der Waals surface area contributed by atoms with Crippen molar-refractivity contribution in [3.63, 3.8) is 0 Å². The molecule has 0 aromatic heterocycles. The fraction of sp³-hybridized carbons (Fsp3) is 0.533. The minimum absolute atomic E-state index is 0.434. The van der Waals surface area contributed by atoms with Crippen molar-refractivity contribution >= 4 is 5.84 Å². The van der Waals surface area contributed by atoms with Gasteiger partial charge in [-0.05, 0) is 37.8 Å². The third kappa shape index (κ3) is 2.91. The average molecular weight is 245 g/mol. The number of aryl methyl sites for hydroxylation is 2. The summed E-state index contributed by atoms with van der Waals surface area (Å²) in [4.78, 5) is 4.83. The fourth-order valence-corrected chi connectivity index (χ4v) is 2.75. The lowest BCUT2D eigenvalue weighted by Crippen LogP contribution is -2.34. The van der Waals surface area contributed by atoms with Gasteiger partial charge in [0.1, 0.15) is 5.84 Å². The van der Waals surface area contributed by atoms with Gasteiger partial charge in [0.2, 0.25) is 0 Å². The molecule has 1 fully saturated rings. The zero-order valence-electron chi connectivity index (χ0n) is 11.4. The van der Waals surface area contributed by atoms with Crippen molar-refractivity contribution in [1.29, 1.82) is 0 Å².